The molecule has 0 spiro atoms. The Balaban J connectivity index is 2.63. The van der Waals surface area contributed by atoms with E-state index >= 15 is 0 Å². The lowest BCUT2D eigenvalue weighted by Crippen LogP contribution is -1.87. The molecule has 0 aliphatic heterocycles. The summed E-state index contributed by atoms with van der Waals surface area (Å²) in [7, 11) is 1.51. The van der Waals surface area contributed by atoms with Gasteiger partial charge in [-0.1, -0.05) is 13.5 Å². The van der Waals surface area contributed by atoms with Crippen LogP contribution >= 0.6 is 7.92 Å². The van der Waals surface area contributed by atoms with Crippen molar-refractivity contribution in [3.63, 3.8) is 0 Å². The van der Waals surface area contributed by atoms with Crippen LogP contribution in [0.1, 0.15) is 19.5 Å². The van der Waals surface area contributed by atoms with Crippen molar-refractivity contribution in [1.82, 2.24) is 10.2 Å². The Morgan fingerprint density at radius 2 is 2.00 bits per heavy atom. The Hall–Kier alpha value is -1.34. The summed E-state index contributed by atoms with van der Waals surface area (Å²) in [6.07, 6.45) is 0. The van der Waals surface area contributed by atoms with Gasteiger partial charge in [0.1, 0.15) is 11.4 Å². The van der Waals surface area contributed by atoms with Crippen molar-refractivity contribution in [2.45, 2.75) is 13.8 Å². The number of rotatable bonds is 3. The van der Waals surface area contributed by atoms with Crippen molar-refractivity contribution < 1.29 is 4.74 Å². The normalized spacial score (nSPS) is 11.0. The van der Waals surface area contributed by atoms with Gasteiger partial charge in [-0.05, 0) is 39.3 Å². The number of allylic oxidation sites excluding steroid dienone is 1. The molecular formula is C14H19N2OP. The van der Waals surface area contributed by atoms with Gasteiger partial charge in [0.05, 0.1) is 12.6 Å². The third kappa shape index (κ3) is 2.28. The monoisotopic (exact) mass is 262 g/mol. The number of fused-ring (bicyclic) bond motifs is 1. The van der Waals surface area contributed by atoms with Crippen LogP contribution in [0.15, 0.2) is 23.8 Å². The predicted molar refractivity (Wildman–Crippen MR) is 79.7 cm³/mol. The lowest BCUT2D eigenvalue weighted by atomic mass is 10.1. The third-order valence-corrected chi connectivity index (χ3v) is 4.47. The molecule has 0 aliphatic carbocycles. The second-order valence-electron chi connectivity index (χ2n) is 4.73. The van der Waals surface area contributed by atoms with Crippen molar-refractivity contribution in [3.05, 3.63) is 29.5 Å². The predicted octanol–water partition coefficient (Wildman–Crippen LogP) is 4.06. The standard InChI is InChI=1S/C14H19N2OP/c1-9(2)14(18(4)5)13-11-7-6-10(17-3)8-12(11)15-16-13/h6-8H,1-5H3,(H,15,16). The van der Waals surface area contributed by atoms with Crippen LogP contribution in [0.3, 0.4) is 0 Å². The Labute approximate surface area is 109 Å². The number of hydrogen-bond donors (Lipinski definition) is 1. The molecule has 0 radical (unpaired) electrons. The average Bonchev–Trinajstić information content (AvgIpc) is 2.71. The highest BCUT2D eigenvalue weighted by Crippen LogP contribution is 2.47. The van der Waals surface area contributed by atoms with E-state index in [1.54, 1.807) is 7.11 Å². The lowest BCUT2D eigenvalue weighted by molar-refractivity contribution is 0.415. The zero-order valence-electron chi connectivity index (χ0n) is 11.5. The first-order chi connectivity index (χ1) is 8.54. The van der Waals surface area contributed by atoms with E-state index in [2.05, 4.69) is 43.4 Å². The highest BCUT2D eigenvalue weighted by molar-refractivity contribution is 7.67. The smallest absolute Gasteiger partial charge is 0.121 e. The highest BCUT2D eigenvalue weighted by Gasteiger charge is 2.15. The fourth-order valence-electron chi connectivity index (χ4n) is 2.20. The van der Waals surface area contributed by atoms with Crippen molar-refractivity contribution in [2.75, 3.05) is 20.4 Å². The van der Waals surface area contributed by atoms with Gasteiger partial charge in [-0.25, -0.2) is 0 Å². The van der Waals surface area contributed by atoms with Crippen LogP contribution < -0.4 is 4.74 Å². The van der Waals surface area contributed by atoms with Gasteiger partial charge in [0.2, 0.25) is 0 Å². The number of methoxy groups -OCH3 is 1. The summed E-state index contributed by atoms with van der Waals surface area (Å²) in [5.41, 5.74) is 3.46. The highest BCUT2D eigenvalue weighted by atomic mass is 31.1. The molecule has 1 N–H and O–H groups in total. The number of ether oxygens (including phenoxy) is 1. The molecule has 0 atom stereocenters. The van der Waals surface area contributed by atoms with E-state index in [1.807, 2.05) is 12.1 Å². The van der Waals surface area contributed by atoms with E-state index in [0.717, 1.165) is 17.0 Å². The van der Waals surface area contributed by atoms with Crippen molar-refractivity contribution in [2.24, 2.45) is 0 Å². The van der Waals surface area contributed by atoms with Gasteiger partial charge >= 0.3 is 0 Å². The first kappa shape index (κ1) is 13.1. The molecule has 0 amide bonds. The van der Waals surface area contributed by atoms with Crippen molar-refractivity contribution in [1.29, 1.82) is 0 Å². The summed E-state index contributed by atoms with van der Waals surface area (Å²) in [5, 5.41) is 10.1. The molecule has 4 heteroatoms. The Morgan fingerprint density at radius 3 is 2.56 bits per heavy atom. The summed E-state index contributed by atoms with van der Waals surface area (Å²) in [5.74, 6) is 0.853. The quantitative estimate of drug-likeness (QED) is 0.847. The van der Waals surface area contributed by atoms with Crippen LogP contribution in [0.2, 0.25) is 0 Å². The zero-order chi connectivity index (χ0) is 13.3. The molecule has 1 aromatic heterocycles. The SMILES string of the molecule is COc1ccc2c(C(=C(C)C)P(C)C)n[nH]c2c1. The molecule has 2 aromatic rings. The van der Waals surface area contributed by atoms with Crippen LogP contribution in [0.25, 0.3) is 16.2 Å². The maximum atomic E-state index is 5.23. The second kappa shape index (κ2) is 5.11. The Kier molecular flexibility index (Phi) is 3.72. The van der Waals surface area contributed by atoms with Gasteiger partial charge in [-0.3, -0.25) is 5.10 Å². The first-order valence-electron chi connectivity index (χ1n) is 5.92. The molecule has 0 unspecified atom stereocenters. The maximum Gasteiger partial charge on any atom is 0.121 e. The van der Waals surface area contributed by atoms with E-state index in [-0.39, 0.29) is 7.92 Å². The fourth-order valence-corrected chi connectivity index (χ4v) is 3.69. The van der Waals surface area contributed by atoms with Crippen LogP contribution in [-0.4, -0.2) is 30.6 Å². The van der Waals surface area contributed by atoms with E-state index in [4.69, 9.17) is 4.74 Å². The molecule has 1 aromatic carbocycles. The van der Waals surface area contributed by atoms with Gasteiger partial charge in [0.25, 0.3) is 0 Å². The number of aromatic nitrogens is 2. The molecule has 0 aliphatic rings. The molecule has 96 valence electrons. The zero-order valence-corrected chi connectivity index (χ0v) is 12.4. The van der Waals surface area contributed by atoms with E-state index in [9.17, 15) is 0 Å². The van der Waals surface area contributed by atoms with Crippen LogP contribution in [0.5, 0.6) is 5.75 Å². The van der Waals surface area contributed by atoms with Gasteiger partial charge in [0.15, 0.2) is 0 Å². The van der Waals surface area contributed by atoms with Crippen molar-refractivity contribution in [3.8, 4) is 5.75 Å². The first-order valence-corrected chi connectivity index (χ1v) is 8.15. The van der Waals surface area contributed by atoms with E-state index in [0.29, 0.717) is 0 Å². The molecule has 3 nitrogen and oxygen atoms in total. The van der Waals surface area contributed by atoms with E-state index in [1.165, 1.54) is 16.3 Å². The molecule has 0 bridgehead atoms. The molecule has 1 heterocycles. The summed E-state index contributed by atoms with van der Waals surface area (Å²) < 4.78 is 5.23. The van der Waals surface area contributed by atoms with Crippen LogP contribution in [0.4, 0.5) is 0 Å². The van der Waals surface area contributed by atoms with Gasteiger partial charge in [0, 0.05) is 16.8 Å². The largest absolute Gasteiger partial charge is 0.497 e. The third-order valence-electron chi connectivity index (χ3n) is 2.92. The molecule has 0 saturated heterocycles. The summed E-state index contributed by atoms with van der Waals surface area (Å²) in [6, 6.07) is 6.05. The van der Waals surface area contributed by atoms with Gasteiger partial charge in [-0.15, -0.1) is 0 Å². The Bertz CT molecular complexity index is 595. The summed E-state index contributed by atoms with van der Waals surface area (Å²) in [6.45, 7) is 8.84. The number of H-pyrrole nitrogens is 1. The fraction of sp³-hybridized carbons (Fsp3) is 0.357. The number of aromatic amines is 1. The summed E-state index contributed by atoms with van der Waals surface area (Å²) >= 11 is 0. The minimum Gasteiger partial charge on any atom is -0.497 e. The topological polar surface area (TPSA) is 37.9 Å². The summed E-state index contributed by atoms with van der Waals surface area (Å²) in [4.78, 5) is 0. The maximum absolute atomic E-state index is 5.23. The van der Waals surface area contributed by atoms with Crippen molar-refractivity contribution >= 4 is 24.1 Å². The number of nitrogens with one attached hydrogen (secondary N) is 1. The Morgan fingerprint density at radius 1 is 1.28 bits per heavy atom. The lowest BCUT2D eigenvalue weighted by Gasteiger charge is -2.12. The van der Waals surface area contributed by atoms with Gasteiger partial charge in [-0.2, -0.15) is 5.10 Å². The molecule has 2 rings (SSSR count). The molecular weight excluding hydrogens is 243 g/mol. The number of benzene rings is 1. The number of hydrogen-bond acceptors (Lipinski definition) is 2. The molecule has 18 heavy (non-hydrogen) atoms. The minimum absolute atomic E-state index is 0.173. The molecule has 0 saturated carbocycles. The molecule has 0 fully saturated rings. The van der Waals surface area contributed by atoms with Gasteiger partial charge < -0.3 is 4.74 Å². The minimum atomic E-state index is -0.173. The van der Waals surface area contributed by atoms with E-state index < -0.39 is 0 Å². The van der Waals surface area contributed by atoms with Crippen LogP contribution in [0, 0.1) is 0 Å². The number of nitrogens with zero attached hydrogens (tertiary/aromatic N) is 1. The second-order valence-corrected chi connectivity index (χ2v) is 6.96. The average molecular weight is 262 g/mol. The van der Waals surface area contributed by atoms with Crippen LogP contribution in [-0.2, 0) is 0 Å².